The summed E-state index contributed by atoms with van der Waals surface area (Å²) in [5.41, 5.74) is 1.34. The lowest BCUT2D eigenvalue weighted by atomic mass is 10.2. The predicted octanol–water partition coefficient (Wildman–Crippen LogP) is 1.75. The molecule has 6 nitrogen and oxygen atoms in total. The van der Waals surface area contributed by atoms with Gasteiger partial charge in [0.15, 0.2) is 5.69 Å². The summed E-state index contributed by atoms with van der Waals surface area (Å²) in [6.45, 7) is 2.40. The molecule has 0 bridgehead atoms. The van der Waals surface area contributed by atoms with E-state index in [1.54, 1.807) is 6.92 Å². The number of benzene rings is 1. The molecule has 0 aliphatic carbocycles. The van der Waals surface area contributed by atoms with Crippen LogP contribution in [0.5, 0.6) is 5.88 Å². The second kappa shape index (κ2) is 6.53. The second-order valence-electron chi connectivity index (χ2n) is 3.77. The van der Waals surface area contributed by atoms with Crippen molar-refractivity contribution in [2.75, 3.05) is 6.61 Å². The molecule has 0 atom stereocenters. The van der Waals surface area contributed by atoms with E-state index in [9.17, 15) is 4.79 Å². The van der Waals surface area contributed by atoms with Crippen molar-refractivity contribution in [2.24, 2.45) is 0 Å². The van der Waals surface area contributed by atoms with Crippen LogP contribution in [-0.2, 0) is 22.6 Å². The van der Waals surface area contributed by atoms with Crippen molar-refractivity contribution in [3.8, 4) is 5.88 Å². The van der Waals surface area contributed by atoms with Gasteiger partial charge in [0.2, 0.25) is 0 Å². The van der Waals surface area contributed by atoms with Crippen molar-refractivity contribution in [1.82, 2.24) is 10.3 Å². The van der Waals surface area contributed by atoms with E-state index in [2.05, 4.69) is 14.9 Å². The number of hydrogen-bond acceptors (Lipinski definition) is 6. The zero-order valence-corrected chi connectivity index (χ0v) is 10.5. The fraction of sp³-hybridized carbons (Fsp3) is 0.308. The number of hydrogen-bond donors (Lipinski definition) is 0. The molecule has 2 aromatic rings. The van der Waals surface area contributed by atoms with Crippen LogP contribution in [0.2, 0.25) is 0 Å². The zero-order chi connectivity index (χ0) is 13.5. The minimum atomic E-state index is -0.386. The smallest absolute Gasteiger partial charge is 0.312 e. The molecule has 0 aliphatic heterocycles. The monoisotopic (exact) mass is 262 g/mol. The third-order valence-corrected chi connectivity index (χ3v) is 2.36. The summed E-state index contributed by atoms with van der Waals surface area (Å²) in [6, 6.07) is 9.61. The van der Waals surface area contributed by atoms with Crippen molar-refractivity contribution in [3.05, 3.63) is 41.6 Å². The molecule has 0 aliphatic rings. The highest BCUT2D eigenvalue weighted by molar-refractivity contribution is 5.72. The molecular formula is C13H14N2O4. The molecule has 0 amide bonds. The zero-order valence-electron chi connectivity index (χ0n) is 10.5. The summed E-state index contributed by atoms with van der Waals surface area (Å²) in [7, 11) is 0. The molecule has 0 radical (unpaired) electrons. The topological polar surface area (TPSA) is 74.5 Å². The first-order chi connectivity index (χ1) is 9.29. The lowest BCUT2D eigenvalue weighted by Gasteiger charge is -2.03. The maximum atomic E-state index is 11.3. The van der Waals surface area contributed by atoms with Gasteiger partial charge in [0, 0.05) is 0 Å². The van der Waals surface area contributed by atoms with Gasteiger partial charge in [-0.3, -0.25) is 4.79 Å². The Labute approximate surface area is 110 Å². The number of nitrogens with zero attached hydrogens (tertiary/aromatic N) is 2. The number of rotatable bonds is 6. The Balaban J connectivity index is 1.94. The van der Waals surface area contributed by atoms with Gasteiger partial charge in [-0.15, -0.1) is 0 Å². The number of aromatic nitrogens is 2. The van der Waals surface area contributed by atoms with Gasteiger partial charge in [0.1, 0.15) is 6.61 Å². The van der Waals surface area contributed by atoms with Gasteiger partial charge in [-0.05, 0) is 17.6 Å². The fourth-order valence-corrected chi connectivity index (χ4v) is 1.49. The van der Waals surface area contributed by atoms with Gasteiger partial charge >= 0.3 is 5.97 Å². The molecule has 0 fully saturated rings. The molecule has 6 heteroatoms. The summed E-state index contributed by atoms with van der Waals surface area (Å²) in [5, 5.41) is 7.27. The van der Waals surface area contributed by atoms with Crippen molar-refractivity contribution in [3.63, 3.8) is 0 Å². The van der Waals surface area contributed by atoms with Crippen LogP contribution in [-0.4, -0.2) is 22.9 Å². The first-order valence-corrected chi connectivity index (χ1v) is 5.93. The Morgan fingerprint density at radius 1 is 1.26 bits per heavy atom. The van der Waals surface area contributed by atoms with Crippen LogP contribution >= 0.6 is 0 Å². The molecule has 1 aromatic carbocycles. The molecule has 100 valence electrons. The Morgan fingerprint density at radius 3 is 2.79 bits per heavy atom. The minimum Gasteiger partial charge on any atom is -0.469 e. The summed E-state index contributed by atoms with van der Waals surface area (Å²) in [6.07, 6.45) is -0.0124. The van der Waals surface area contributed by atoms with Crippen LogP contribution in [0, 0.1) is 0 Å². The van der Waals surface area contributed by atoms with Crippen molar-refractivity contribution in [2.45, 2.75) is 20.0 Å². The summed E-state index contributed by atoms with van der Waals surface area (Å²) >= 11 is 0. The average Bonchev–Trinajstić information content (AvgIpc) is 2.85. The third-order valence-electron chi connectivity index (χ3n) is 2.36. The van der Waals surface area contributed by atoms with Gasteiger partial charge in [0.25, 0.3) is 5.88 Å². The first-order valence-electron chi connectivity index (χ1n) is 5.93. The maximum Gasteiger partial charge on any atom is 0.312 e. The molecular weight excluding hydrogens is 248 g/mol. The van der Waals surface area contributed by atoms with Crippen molar-refractivity contribution < 1.29 is 18.9 Å². The molecule has 0 unspecified atom stereocenters. The van der Waals surface area contributed by atoms with E-state index in [0.29, 0.717) is 18.9 Å². The molecule has 0 saturated heterocycles. The van der Waals surface area contributed by atoms with Gasteiger partial charge < -0.3 is 9.47 Å². The standard InChI is InChI=1S/C13H14N2O4/c1-2-17-12(16)8-11-13(15-19-14-11)18-9-10-6-4-3-5-7-10/h3-7H,2,8-9H2,1H3. The van der Waals surface area contributed by atoms with Gasteiger partial charge in [-0.25, -0.2) is 4.63 Å². The number of carbonyl (C=O) groups is 1. The van der Waals surface area contributed by atoms with E-state index in [4.69, 9.17) is 9.47 Å². The molecule has 2 rings (SSSR count). The highest BCUT2D eigenvalue weighted by Gasteiger charge is 2.16. The van der Waals surface area contributed by atoms with Crippen LogP contribution in [0.4, 0.5) is 0 Å². The highest BCUT2D eigenvalue weighted by Crippen LogP contribution is 2.15. The molecule has 0 saturated carbocycles. The SMILES string of the molecule is CCOC(=O)Cc1nonc1OCc1ccccc1. The van der Waals surface area contributed by atoms with Crippen LogP contribution in [0.15, 0.2) is 35.0 Å². The molecule has 1 aromatic heterocycles. The third kappa shape index (κ3) is 3.80. The van der Waals surface area contributed by atoms with Crippen molar-refractivity contribution in [1.29, 1.82) is 0 Å². The fourth-order valence-electron chi connectivity index (χ4n) is 1.49. The Bertz CT molecular complexity index is 524. The lowest BCUT2D eigenvalue weighted by molar-refractivity contribution is -0.142. The highest BCUT2D eigenvalue weighted by atomic mass is 16.6. The molecule has 19 heavy (non-hydrogen) atoms. The van der Waals surface area contributed by atoms with E-state index in [-0.39, 0.29) is 18.3 Å². The number of carbonyl (C=O) groups excluding carboxylic acids is 1. The van der Waals surface area contributed by atoms with Gasteiger partial charge in [-0.1, -0.05) is 35.5 Å². The lowest BCUT2D eigenvalue weighted by Crippen LogP contribution is -2.09. The van der Waals surface area contributed by atoms with Gasteiger partial charge in [0.05, 0.1) is 13.0 Å². The van der Waals surface area contributed by atoms with E-state index >= 15 is 0 Å². The van der Waals surface area contributed by atoms with E-state index < -0.39 is 0 Å². The largest absolute Gasteiger partial charge is 0.469 e. The van der Waals surface area contributed by atoms with Crippen LogP contribution in [0.25, 0.3) is 0 Å². The predicted molar refractivity (Wildman–Crippen MR) is 65.4 cm³/mol. The van der Waals surface area contributed by atoms with Crippen molar-refractivity contribution >= 4 is 5.97 Å². The van der Waals surface area contributed by atoms with Crippen LogP contribution in [0.1, 0.15) is 18.2 Å². The van der Waals surface area contributed by atoms with E-state index in [1.807, 2.05) is 30.3 Å². The van der Waals surface area contributed by atoms with E-state index in [0.717, 1.165) is 5.56 Å². The normalized spacial score (nSPS) is 10.2. The number of esters is 1. The first kappa shape index (κ1) is 13.1. The Morgan fingerprint density at radius 2 is 2.05 bits per heavy atom. The van der Waals surface area contributed by atoms with Crippen LogP contribution < -0.4 is 4.74 Å². The average molecular weight is 262 g/mol. The van der Waals surface area contributed by atoms with Gasteiger partial charge in [-0.2, -0.15) is 0 Å². The second-order valence-corrected chi connectivity index (χ2v) is 3.77. The molecule has 0 N–H and O–H groups in total. The minimum absolute atomic E-state index is 0.0124. The number of ether oxygens (including phenoxy) is 2. The quantitative estimate of drug-likeness (QED) is 0.738. The molecule has 0 spiro atoms. The summed E-state index contributed by atoms with van der Waals surface area (Å²) < 4.78 is 14.9. The summed E-state index contributed by atoms with van der Waals surface area (Å²) in [5.74, 6) is -0.167. The Hall–Kier alpha value is -2.37. The van der Waals surface area contributed by atoms with Crippen LogP contribution in [0.3, 0.4) is 0 Å². The summed E-state index contributed by atoms with van der Waals surface area (Å²) in [4.78, 5) is 11.3. The maximum absolute atomic E-state index is 11.3. The van der Waals surface area contributed by atoms with E-state index in [1.165, 1.54) is 0 Å². The Kier molecular flexibility index (Phi) is 4.49. The molecule has 1 heterocycles.